The lowest BCUT2D eigenvalue weighted by molar-refractivity contribution is 0.0732. The van der Waals surface area contributed by atoms with Crippen molar-refractivity contribution in [2.24, 2.45) is 0 Å². The Labute approximate surface area is 139 Å². The van der Waals surface area contributed by atoms with Crippen LogP contribution in [-0.4, -0.2) is 36.9 Å². The van der Waals surface area contributed by atoms with Crippen LogP contribution in [0.4, 0.5) is 0 Å². The fourth-order valence-electron chi connectivity index (χ4n) is 3.14. The number of carbonyl (C=O) groups excluding carboxylic acids is 1. The van der Waals surface area contributed by atoms with Crippen molar-refractivity contribution in [1.29, 1.82) is 0 Å². The van der Waals surface area contributed by atoms with Crippen LogP contribution in [0.15, 0.2) is 61.4 Å². The van der Waals surface area contributed by atoms with E-state index in [9.17, 15) is 4.79 Å². The maximum atomic E-state index is 13.0. The number of aromatic nitrogens is 4. The fraction of sp³-hybridized carbons (Fsp3) is 0.222. The first kappa shape index (κ1) is 14.6. The third-order valence-electron chi connectivity index (χ3n) is 4.30. The van der Waals surface area contributed by atoms with Crippen molar-refractivity contribution in [1.82, 2.24) is 24.4 Å². The van der Waals surface area contributed by atoms with Gasteiger partial charge in [-0.3, -0.25) is 14.3 Å². The van der Waals surface area contributed by atoms with Crippen molar-refractivity contribution in [2.75, 3.05) is 6.54 Å². The Morgan fingerprint density at radius 3 is 2.88 bits per heavy atom. The summed E-state index contributed by atoms with van der Waals surface area (Å²) in [5, 5.41) is 0. The number of likely N-dealkylation sites (tertiary alicyclic amines) is 1. The van der Waals surface area contributed by atoms with Gasteiger partial charge in [-0.05, 0) is 37.1 Å². The van der Waals surface area contributed by atoms with Gasteiger partial charge in [0.25, 0.3) is 5.91 Å². The zero-order valence-electron chi connectivity index (χ0n) is 13.1. The van der Waals surface area contributed by atoms with Gasteiger partial charge in [-0.1, -0.05) is 6.07 Å². The lowest BCUT2D eigenvalue weighted by atomic mass is 10.1. The Hall–Kier alpha value is -3.02. The lowest BCUT2D eigenvalue weighted by Crippen LogP contribution is -2.31. The maximum absolute atomic E-state index is 13.0. The molecule has 24 heavy (non-hydrogen) atoms. The molecule has 1 aliphatic heterocycles. The maximum Gasteiger partial charge on any atom is 0.254 e. The number of hydrogen-bond acceptors (Lipinski definition) is 4. The summed E-state index contributed by atoms with van der Waals surface area (Å²) in [5.74, 6) is 0.707. The van der Waals surface area contributed by atoms with Gasteiger partial charge in [0.15, 0.2) is 0 Å². The molecule has 0 unspecified atom stereocenters. The van der Waals surface area contributed by atoms with Crippen molar-refractivity contribution < 1.29 is 4.79 Å². The topological polar surface area (TPSA) is 63.9 Å². The molecule has 1 aliphatic rings. The third-order valence-corrected chi connectivity index (χ3v) is 4.30. The second kappa shape index (κ2) is 6.23. The van der Waals surface area contributed by atoms with Crippen LogP contribution in [0.2, 0.25) is 0 Å². The minimum absolute atomic E-state index is 0.0203. The van der Waals surface area contributed by atoms with E-state index in [-0.39, 0.29) is 11.9 Å². The van der Waals surface area contributed by atoms with E-state index in [1.807, 2.05) is 29.3 Å². The molecule has 3 aromatic heterocycles. The van der Waals surface area contributed by atoms with E-state index in [2.05, 4.69) is 15.0 Å². The first-order valence-corrected chi connectivity index (χ1v) is 7.99. The Morgan fingerprint density at radius 1 is 1.12 bits per heavy atom. The standard InChI is InChI=1S/C18H17N5O/c24-18(14-6-8-21-17(12-14)22-11-9-19-13-22)23-10-3-5-16(23)15-4-1-2-7-20-15/h1-2,4,6-9,11-13,16H,3,5,10H2/t16-/m0/s1. The molecule has 4 heterocycles. The molecule has 0 saturated carbocycles. The van der Waals surface area contributed by atoms with Gasteiger partial charge in [-0.2, -0.15) is 0 Å². The molecule has 0 aromatic carbocycles. The molecule has 6 nitrogen and oxygen atoms in total. The van der Waals surface area contributed by atoms with E-state index in [0.717, 1.165) is 25.1 Å². The minimum Gasteiger partial charge on any atom is -0.330 e. The smallest absolute Gasteiger partial charge is 0.254 e. The molecular formula is C18H17N5O. The average molecular weight is 319 g/mol. The van der Waals surface area contributed by atoms with E-state index in [0.29, 0.717) is 11.4 Å². The predicted molar refractivity (Wildman–Crippen MR) is 88.6 cm³/mol. The largest absolute Gasteiger partial charge is 0.330 e. The van der Waals surface area contributed by atoms with Crippen LogP contribution < -0.4 is 0 Å². The van der Waals surface area contributed by atoms with Crippen LogP contribution in [0.25, 0.3) is 5.82 Å². The van der Waals surface area contributed by atoms with Gasteiger partial charge in [0.05, 0.1) is 11.7 Å². The highest BCUT2D eigenvalue weighted by Gasteiger charge is 2.31. The molecule has 4 rings (SSSR count). The van der Waals surface area contributed by atoms with Crippen LogP contribution in [-0.2, 0) is 0 Å². The first-order chi connectivity index (χ1) is 11.8. The molecule has 1 amide bonds. The second-order valence-electron chi connectivity index (χ2n) is 5.78. The second-order valence-corrected chi connectivity index (χ2v) is 5.78. The Bertz CT molecular complexity index is 832. The number of hydrogen-bond donors (Lipinski definition) is 0. The molecule has 0 bridgehead atoms. The quantitative estimate of drug-likeness (QED) is 0.744. The molecule has 120 valence electrons. The number of rotatable bonds is 3. The van der Waals surface area contributed by atoms with E-state index < -0.39 is 0 Å². The highest BCUT2D eigenvalue weighted by Crippen LogP contribution is 2.31. The Kier molecular flexibility index (Phi) is 3.78. The summed E-state index contributed by atoms with van der Waals surface area (Å²) in [6.45, 7) is 0.753. The van der Waals surface area contributed by atoms with Crippen molar-refractivity contribution in [3.05, 3.63) is 72.7 Å². The molecule has 0 N–H and O–H groups in total. The zero-order chi connectivity index (χ0) is 16.4. The van der Waals surface area contributed by atoms with Crippen molar-refractivity contribution in [2.45, 2.75) is 18.9 Å². The van der Waals surface area contributed by atoms with Gasteiger partial charge in [0.2, 0.25) is 0 Å². The molecule has 0 radical (unpaired) electrons. The van der Waals surface area contributed by atoms with Crippen LogP contribution in [0, 0.1) is 0 Å². The summed E-state index contributed by atoms with van der Waals surface area (Å²) < 4.78 is 1.79. The summed E-state index contributed by atoms with van der Waals surface area (Å²) >= 11 is 0. The van der Waals surface area contributed by atoms with Crippen molar-refractivity contribution in [3.63, 3.8) is 0 Å². The molecule has 3 aromatic rings. The monoisotopic (exact) mass is 319 g/mol. The normalized spacial score (nSPS) is 17.2. The van der Waals surface area contributed by atoms with E-state index in [1.165, 1.54) is 0 Å². The molecular weight excluding hydrogens is 302 g/mol. The van der Waals surface area contributed by atoms with Gasteiger partial charge >= 0.3 is 0 Å². The highest BCUT2D eigenvalue weighted by atomic mass is 16.2. The first-order valence-electron chi connectivity index (χ1n) is 7.99. The average Bonchev–Trinajstić information content (AvgIpc) is 3.34. The Morgan fingerprint density at radius 2 is 2.08 bits per heavy atom. The van der Waals surface area contributed by atoms with Gasteiger partial charge < -0.3 is 4.90 Å². The summed E-state index contributed by atoms with van der Waals surface area (Å²) in [4.78, 5) is 27.7. The number of pyridine rings is 2. The van der Waals surface area contributed by atoms with Gasteiger partial charge in [0.1, 0.15) is 12.1 Å². The van der Waals surface area contributed by atoms with Crippen molar-refractivity contribution in [3.8, 4) is 5.82 Å². The number of amides is 1. The SMILES string of the molecule is O=C(c1ccnc(-n2ccnc2)c1)N1CCC[C@H]1c1ccccn1. The van der Waals surface area contributed by atoms with Crippen LogP contribution in [0.5, 0.6) is 0 Å². The zero-order valence-corrected chi connectivity index (χ0v) is 13.1. The van der Waals surface area contributed by atoms with E-state index in [4.69, 9.17) is 0 Å². The van der Waals surface area contributed by atoms with Crippen LogP contribution >= 0.6 is 0 Å². The summed E-state index contributed by atoms with van der Waals surface area (Å²) in [7, 11) is 0. The molecule has 1 saturated heterocycles. The molecule has 6 heteroatoms. The minimum atomic E-state index is 0.0203. The molecule has 0 aliphatic carbocycles. The van der Waals surface area contributed by atoms with Crippen LogP contribution in [0.1, 0.15) is 34.9 Å². The Balaban J connectivity index is 1.62. The molecule has 0 spiro atoms. The van der Waals surface area contributed by atoms with Gasteiger partial charge in [-0.15, -0.1) is 0 Å². The number of carbonyl (C=O) groups is 1. The van der Waals surface area contributed by atoms with E-state index >= 15 is 0 Å². The third kappa shape index (κ3) is 2.67. The van der Waals surface area contributed by atoms with Gasteiger partial charge in [-0.25, -0.2) is 9.97 Å². The lowest BCUT2D eigenvalue weighted by Gasteiger charge is -2.24. The highest BCUT2D eigenvalue weighted by molar-refractivity contribution is 5.95. The summed E-state index contributed by atoms with van der Waals surface area (Å²) in [6, 6.07) is 9.45. The molecule has 1 atom stereocenters. The van der Waals surface area contributed by atoms with Crippen molar-refractivity contribution >= 4 is 5.91 Å². The number of imidazole rings is 1. The summed E-state index contributed by atoms with van der Waals surface area (Å²) in [5.41, 5.74) is 1.59. The molecule has 1 fully saturated rings. The van der Waals surface area contributed by atoms with E-state index in [1.54, 1.807) is 41.6 Å². The fourth-order valence-corrected chi connectivity index (χ4v) is 3.14. The van der Waals surface area contributed by atoms with Crippen LogP contribution in [0.3, 0.4) is 0 Å². The number of nitrogens with zero attached hydrogens (tertiary/aromatic N) is 5. The van der Waals surface area contributed by atoms with Gasteiger partial charge in [0, 0.05) is 36.9 Å². The summed E-state index contributed by atoms with van der Waals surface area (Å²) in [6.07, 6.45) is 10.5. The predicted octanol–water partition coefficient (Wildman–Crippen LogP) is 2.64.